The van der Waals surface area contributed by atoms with Gasteiger partial charge in [-0.05, 0) is 81.9 Å². The molecule has 0 radical (unpaired) electrons. The number of nitriles is 1. The van der Waals surface area contributed by atoms with E-state index in [-0.39, 0.29) is 16.9 Å². The van der Waals surface area contributed by atoms with Crippen LogP contribution in [0.3, 0.4) is 0 Å². The van der Waals surface area contributed by atoms with Gasteiger partial charge in [0.25, 0.3) is 11.6 Å². The molecule has 2 aromatic carbocycles. The number of anilines is 1. The Hall–Kier alpha value is -2.40. The van der Waals surface area contributed by atoms with E-state index in [0.29, 0.717) is 12.2 Å². The Balaban J connectivity index is 2.29. The van der Waals surface area contributed by atoms with Crippen LogP contribution in [0.1, 0.15) is 12.5 Å². The Labute approximate surface area is 187 Å². The van der Waals surface area contributed by atoms with Gasteiger partial charge in [-0.1, -0.05) is 0 Å². The molecule has 2 aromatic rings. The third kappa shape index (κ3) is 5.32. The zero-order valence-corrected chi connectivity index (χ0v) is 18.7. The lowest BCUT2D eigenvalue weighted by Gasteiger charge is -2.10. The van der Waals surface area contributed by atoms with Gasteiger partial charge in [-0.25, -0.2) is 0 Å². The van der Waals surface area contributed by atoms with E-state index in [0.717, 1.165) is 25.0 Å². The summed E-state index contributed by atoms with van der Waals surface area (Å²) in [5.41, 5.74) is 0.100. The molecule has 0 fully saturated rings. The predicted octanol–water partition coefficient (Wildman–Crippen LogP) is 4.45. The molecule has 28 heavy (non-hydrogen) atoms. The maximum atomic E-state index is 12.4. The number of hydrogen-bond acceptors (Lipinski definition) is 6. The van der Waals surface area contributed by atoms with Crippen LogP contribution in [0.5, 0.6) is 11.5 Å². The minimum Gasteiger partial charge on any atom is -0.506 e. The van der Waals surface area contributed by atoms with Gasteiger partial charge in [-0.15, -0.1) is 0 Å². The van der Waals surface area contributed by atoms with Crippen LogP contribution in [0.4, 0.5) is 11.4 Å². The number of halogens is 2. The first-order valence-electron chi connectivity index (χ1n) is 7.79. The zero-order chi connectivity index (χ0) is 20.8. The van der Waals surface area contributed by atoms with Crippen LogP contribution in [0.2, 0.25) is 0 Å². The molecule has 0 unspecified atom stereocenters. The summed E-state index contributed by atoms with van der Waals surface area (Å²) in [5.74, 6) is -0.477. The third-order valence-electron chi connectivity index (χ3n) is 3.43. The topological polar surface area (TPSA) is 125 Å². The third-order valence-corrected chi connectivity index (χ3v) is 5.03. The molecule has 0 atom stereocenters. The van der Waals surface area contributed by atoms with E-state index in [1.165, 1.54) is 12.1 Å². The summed E-state index contributed by atoms with van der Waals surface area (Å²) >= 11 is 4.22. The van der Waals surface area contributed by atoms with Crippen molar-refractivity contribution in [2.24, 2.45) is 0 Å². The number of nitro groups is 1. The van der Waals surface area contributed by atoms with Crippen molar-refractivity contribution in [3.05, 3.63) is 58.7 Å². The smallest absolute Gasteiger partial charge is 0.273 e. The van der Waals surface area contributed by atoms with Gasteiger partial charge in [0.2, 0.25) is 0 Å². The molecule has 0 bridgehead atoms. The lowest BCUT2D eigenvalue weighted by molar-refractivity contribution is -0.384. The first-order chi connectivity index (χ1) is 13.3. The molecule has 0 aromatic heterocycles. The van der Waals surface area contributed by atoms with E-state index in [1.807, 2.05) is 13.0 Å². The SMILES string of the molecule is CCOc1c(I)cc(C=C(C#N)C(=O)Nc2ccc([N+](=O)[O-])cc2O)cc1I. The fourth-order valence-electron chi connectivity index (χ4n) is 2.19. The summed E-state index contributed by atoms with van der Waals surface area (Å²) in [6.45, 7) is 2.40. The molecular formula is C18H13I2N3O5. The Bertz CT molecular complexity index is 992. The van der Waals surface area contributed by atoms with Gasteiger partial charge in [0.15, 0.2) is 0 Å². The number of aromatic hydroxyl groups is 1. The minimum atomic E-state index is -0.745. The van der Waals surface area contributed by atoms with E-state index >= 15 is 0 Å². The highest BCUT2D eigenvalue weighted by Gasteiger charge is 2.16. The summed E-state index contributed by atoms with van der Waals surface area (Å²) in [6, 6.07) is 8.64. The molecule has 0 aliphatic carbocycles. The number of non-ortho nitro benzene ring substituents is 1. The molecule has 0 saturated heterocycles. The molecule has 0 aliphatic heterocycles. The van der Waals surface area contributed by atoms with E-state index in [9.17, 15) is 25.3 Å². The number of hydrogen-bond donors (Lipinski definition) is 2. The number of nitro benzene ring substituents is 1. The number of carbonyl (C=O) groups excluding carboxylic acids is 1. The number of ether oxygens (including phenoxy) is 1. The number of nitrogens with zero attached hydrogens (tertiary/aromatic N) is 2. The number of phenolic OH excluding ortho intramolecular Hbond substituents is 1. The fourth-order valence-corrected chi connectivity index (χ4v) is 4.32. The largest absolute Gasteiger partial charge is 0.506 e. The van der Waals surface area contributed by atoms with Crippen LogP contribution in [0.15, 0.2) is 35.9 Å². The van der Waals surface area contributed by atoms with Gasteiger partial charge in [0.05, 0.1) is 30.4 Å². The van der Waals surface area contributed by atoms with Crippen LogP contribution in [-0.2, 0) is 4.79 Å². The number of nitrogens with one attached hydrogen (secondary N) is 1. The summed E-state index contributed by atoms with van der Waals surface area (Å²) in [4.78, 5) is 22.4. The second kappa shape index (κ2) is 9.69. The van der Waals surface area contributed by atoms with Gasteiger partial charge >= 0.3 is 0 Å². The van der Waals surface area contributed by atoms with Crippen molar-refractivity contribution < 1.29 is 19.6 Å². The molecular weight excluding hydrogens is 592 g/mol. The molecule has 0 heterocycles. The van der Waals surface area contributed by atoms with E-state index in [2.05, 4.69) is 50.5 Å². The molecule has 2 rings (SSSR count). The summed E-state index contributed by atoms with van der Waals surface area (Å²) < 4.78 is 7.24. The Kier molecular flexibility index (Phi) is 7.58. The summed E-state index contributed by atoms with van der Waals surface area (Å²) in [7, 11) is 0. The Morgan fingerprint density at radius 3 is 2.50 bits per heavy atom. The summed E-state index contributed by atoms with van der Waals surface area (Å²) in [6.07, 6.45) is 1.41. The second-order valence-corrected chi connectivity index (χ2v) is 7.65. The van der Waals surface area contributed by atoms with Crippen molar-refractivity contribution in [1.82, 2.24) is 0 Å². The molecule has 1 amide bonds. The monoisotopic (exact) mass is 605 g/mol. The standard InChI is InChI=1S/C18H13I2N3O5/c1-2-28-17-13(19)6-10(7-14(17)20)5-11(9-21)18(25)22-15-4-3-12(23(26)27)8-16(15)24/h3-8,24H,2H2,1H3,(H,22,25). The van der Waals surface area contributed by atoms with Crippen LogP contribution >= 0.6 is 45.2 Å². The highest BCUT2D eigenvalue weighted by Crippen LogP contribution is 2.31. The number of phenols is 1. The maximum Gasteiger partial charge on any atom is 0.273 e. The quantitative estimate of drug-likeness (QED) is 0.125. The average molecular weight is 605 g/mol. The Morgan fingerprint density at radius 1 is 1.36 bits per heavy atom. The summed E-state index contributed by atoms with van der Waals surface area (Å²) in [5, 5.41) is 32.3. The van der Waals surface area contributed by atoms with Crippen molar-refractivity contribution in [2.45, 2.75) is 6.92 Å². The molecule has 8 nitrogen and oxygen atoms in total. The molecule has 2 N–H and O–H groups in total. The minimum absolute atomic E-state index is 0.0346. The average Bonchev–Trinajstić information content (AvgIpc) is 2.64. The predicted molar refractivity (Wildman–Crippen MR) is 120 cm³/mol. The van der Waals surface area contributed by atoms with Crippen molar-refractivity contribution in [2.75, 3.05) is 11.9 Å². The molecule has 0 saturated carbocycles. The van der Waals surface area contributed by atoms with Crippen molar-refractivity contribution >= 4 is 68.5 Å². The van der Waals surface area contributed by atoms with Crippen LogP contribution in [0.25, 0.3) is 6.08 Å². The molecule has 0 spiro atoms. The molecule has 0 aliphatic rings. The van der Waals surface area contributed by atoms with E-state index < -0.39 is 16.6 Å². The van der Waals surface area contributed by atoms with Gasteiger partial charge < -0.3 is 15.2 Å². The van der Waals surface area contributed by atoms with Crippen molar-refractivity contribution in [1.29, 1.82) is 5.26 Å². The fraction of sp³-hybridized carbons (Fsp3) is 0.111. The second-order valence-electron chi connectivity index (χ2n) is 5.33. The van der Waals surface area contributed by atoms with Crippen LogP contribution in [0, 0.1) is 28.6 Å². The van der Waals surface area contributed by atoms with E-state index in [4.69, 9.17) is 4.74 Å². The maximum absolute atomic E-state index is 12.4. The van der Waals surface area contributed by atoms with Gasteiger partial charge in [0.1, 0.15) is 23.1 Å². The van der Waals surface area contributed by atoms with Crippen molar-refractivity contribution in [3.8, 4) is 17.6 Å². The van der Waals surface area contributed by atoms with E-state index in [1.54, 1.807) is 12.1 Å². The highest BCUT2D eigenvalue weighted by atomic mass is 127. The highest BCUT2D eigenvalue weighted by molar-refractivity contribution is 14.1. The molecule has 10 heteroatoms. The first kappa shape index (κ1) is 21.9. The van der Waals surface area contributed by atoms with Gasteiger partial charge in [-0.2, -0.15) is 5.26 Å². The number of rotatable bonds is 6. The normalized spacial score (nSPS) is 10.9. The lowest BCUT2D eigenvalue weighted by atomic mass is 10.1. The van der Waals surface area contributed by atoms with Gasteiger partial charge in [0, 0.05) is 6.07 Å². The van der Waals surface area contributed by atoms with Crippen LogP contribution < -0.4 is 10.1 Å². The van der Waals surface area contributed by atoms with Crippen LogP contribution in [-0.4, -0.2) is 22.5 Å². The lowest BCUT2D eigenvalue weighted by Crippen LogP contribution is -2.13. The Morgan fingerprint density at radius 2 is 2.00 bits per heavy atom. The number of benzene rings is 2. The zero-order valence-electron chi connectivity index (χ0n) is 14.4. The number of carbonyl (C=O) groups is 1. The van der Waals surface area contributed by atoms with Crippen molar-refractivity contribution in [3.63, 3.8) is 0 Å². The first-order valence-corrected chi connectivity index (χ1v) is 9.95. The number of amides is 1. The van der Waals surface area contributed by atoms with Gasteiger partial charge in [-0.3, -0.25) is 14.9 Å². The molecule has 144 valence electrons.